The Morgan fingerprint density at radius 2 is 2.25 bits per heavy atom. The molecule has 0 bridgehead atoms. The van der Waals surface area contributed by atoms with Crippen LogP contribution in [0, 0.1) is 0 Å². The van der Waals surface area contributed by atoms with E-state index in [9.17, 15) is 0 Å². The number of nitrogens with one attached hydrogen (secondary N) is 1. The minimum Gasteiger partial charge on any atom is -0.423 e. The predicted octanol–water partition coefficient (Wildman–Crippen LogP) is 1.06. The second-order valence-electron chi connectivity index (χ2n) is 6.23. The summed E-state index contributed by atoms with van der Waals surface area (Å²) < 4.78 is 7.63. The lowest BCUT2D eigenvalue weighted by molar-refractivity contribution is 0.325. The molecule has 0 fully saturated rings. The molecule has 0 saturated carbocycles. The lowest BCUT2D eigenvalue weighted by Gasteiger charge is -2.22. The maximum atomic E-state index is 5.67. The fourth-order valence-corrected chi connectivity index (χ4v) is 2.26. The molecule has 20 heavy (non-hydrogen) atoms. The molecule has 1 atom stereocenters. The van der Waals surface area contributed by atoms with Gasteiger partial charge >= 0.3 is 0 Å². The fraction of sp³-hybridized carbons (Fsp3) is 0.692. The Hall–Kier alpha value is -1.76. The standard InChI is InChI=1S/C13H20N6O/c1-13(2,3)12-18-17-11(20-12)6-14-9-4-5-10-15-8-16-19(10)7-9/h8-9,14H,4-7H2,1-3H3/t9-/m1/s1. The van der Waals surface area contributed by atoms with Crippen molar-refractivity contribution in [1.29, 1.82) is 0 Å². The molecule has 0 spiro atoms. The van der Waals surface area contributed by atoms with Crippen LogP contribution in [0.2, 0.25) is 0 Å². The van der Waals surface area contributed by atoms with Gasteiger partial charge in [0.15, 0.2) is 0 Å². The van der Waals surface area contributed by atoms with E-state index in [1.165, 1.54) is 0 Å². The number of hydrogen-bond donors (Lipinski definition) is 1. The molecule has 0 saturated heterocycles. The molecule has 0 aliphatic carbocycles. The topological polar surface area (TPSA) is 81.7 Å². The van der Waals surface area contributed by atoms with E-state index in [-0.39, 0.29) is 5.41 Å². The summed E-state index contributed by atoms with van der Waals surface area (Å²) in [5.74, 6) is 2.38. The molecule has 0 aromatic carbocycles. The summed E-state index contributed by atoms with van der Waals surface area (Å²) in [5, 5.41) is 15.8. The SMILES string of the molecule is CC(C)(C)c1nnc(CN[C@@H]2CCc3ncnn3C2)o1. The zero-order chi connectivity index (χ0) is 14.2. The summed E-state index contributed by atoms with van der Waals surface area (Å²) in [7, 11) is 0. The highest BCUT2D eigenvalue weighted by molar-refractivity contribution is 4.96. The number of aromatic nitrogens is 5. The minimum atomic E-state index is -0.105. The average Bonchev–Trinajstić information content (AvgIpc) is 3.04. The molecule has 1 aliphatic heterocycles. The highest BCUT2D eigenvalue weighted by Crippen LogP contribution is 2.20. The van der Waals surface area contributed by atoms with Crippen LogP contribution in [0.3, 0.4) is 0 Å². The number of hydrogen-bond acceptors (Lipinski definition) is 6. The Morgan fingerprint density at radius 3 is 3.00 bits per heavy atom. The first-order chi connectivity index (χ1) is 9.52. The molecule has 7 heteroatoms. The molecule has 108 valence electrons. The van der Waals surface area contributed by atoms with E-state index in [1.807, 2.05) is 4.68 Å². The molecule has 7 nitrogen and oxygen atoms in total. The quantitative estimate of drug-likeness (QED) is 0.903. The summed E-state index contributed by atoms with van der Waals surface area (Å²) in [6, 6.07) is 0.370. The molecule has 3 rings (SSSR count). The van der Waals surface area contributed by atoms with Crippen molar-refractivity contribution in [2.24, 2.45) is 0 Å². The second-order valence-corrected chi connectivity index (χ2v) is 6.23. The molecule has 0 unspecified atom stereocenters. The van der Waals surface area contributed by atoms with E-state index in [1.54, 1.807) is 6.33 Å². The van der Waals surface area contributed by atoms with Crippen LogP contribution in [0.25, 0.3) is 0 Å². The maximum absolute atomic E-state index is 5.67. The van der Waals surface area contributed by atoms with Crippen LogP contribution in [0.15, 0.2) is 10.7 Å². The molecule has 2 aromatic heterocycles. The van der Waals surface area contributed by atoms with E-state index in [4.69, 9.17) is 4.42 Å². The first-order valence-electron chi connectivity index (χ1n) is 6.95. The van der Waals surface area contributed by atoms with Crippen molar-refractivity contribution in [3.05, 3.63) is 23.9 Å². The van der Waals surface area contributed by atoms with Crippen LogP contribution in [0.5, 0.6) is 0 Å². The fourth-order valence-electron chi connectivity index (χ4n) is 2.26. The van der Waals surface area contributed by atoms with E-state index < -0.39 is 0 Å². The number of fused-ring (bicyclic) bond motifs is 1. The van der Waals surface area contributed by atoms with Gasteiger partial charge in [-0.1, -0.05) is 20.8 Å². The van der Waals surface area contributed by atoms with Crippen LogP contribution in [-0.2, 0) is 24.9 Å². The number of rotatable bonds is 3. The Kier molecular flexibility index (Phi) is 3.29. The molecule has 0 radical (unpaired) electrons. The van der Waals surface area contributed by atoms with Gasteiger partial charge in [0.1, 0.15) is 12.2 Å². The Labute approximate surface area is 117 Å². The molecule has 1 aliphatic rings. The van der Waals surface area contributed by atoms with E-state index in [2.05, 4.69) is 46.4 Å². The minimum absolute atomic E-state index is 0.105. The third kappa shape index (κ3) is 2.72. The van der Waals surface area contributed by atoms with Crippen molar-refractivity contribution >= 4 is 0 Å². The van der Waals surface area contributed by atoms with Gasteiger partial charge < -0.3 is 9.73 Å². The highest BCUT2D eigenvalue weighted by Gasteiger charge is 2.23. The van der Waals surface area contributed by atoms with Gasteiger partial charge in [-0.3, -0.25) is 0 Å². The molecule has 2 aromatic rings. The van der Waals surface area contributed by atoms with Crippen LogP contribution >= 0.6 is 0 Å². The number of aryl methyl sites for hydroxylation is 1. The molecule has 1 N–H and O–H groups in total. The van der Waals surface area contributed by atoms with Crippen molar-refractivity contribution in [2.45, 2.75) is 58.2 Å². The predicted molar refractivity (Wildman–Crippen MR) is 72.0 cm³/mol. The zero-order valence-electron chi connectivity index (χ0n) is 12.1. The Bertz CT molecular complexity index is 582. The van der Waals surface area contributed by atoms with Crippen molar-refractivity contribution in [3.8, 4) is 0 Å². The molecule has 0 amide bonds. The zero-order valence-corrected chi connectivity index (χ0v) is 12.1. The van der Waals surface area contributed by atoms with Gasteiger partial charge in [-0.05, 0) is 6.42 Å². The van der Waals surface area contributed by atoms with Gasteiger partial charge in [-0.2, -0.15) is 5.10 Å². The second kappa shape index (κ2) is 4.97. The van der Waals surface area contributed by atoms with Crippen molar-refractivity contribution in [2.75, 3.05) is 0 Å². The third-order valence-corrected chi connectivity index (χ3v) is 3.46. The van der Waals surface area contributed by atoms with Gasteiger partial charge in [0.25, 0.3) is 0 Å². The lowest BCUT2D eigenvalue weighted by atomic mass is 9.97. The van der Waals surface area contributed by atoms with E-state index in [0.717, 1.165) is 25.2 Å². The van der Waals surface area contributed by atoms with E-state index in [0.29, 0.717) is 24.4 Å². The summed E-state index contributed by atoms with van der Waals surface area (Å²) in [4.78, 5) is 4.22. The maximum Gasteiger partial charge on any atom is 0.230 e. The monoisotopic (exact) mass is 276 g/mol. The molecular weight excluding hydrogens is 256 g/mol. The summed E-state index contributed by atoms with van der Waals surface area (Å²) in [6.07, 6.45) is 3.62. The average molecular weight is 276 g/mol. The smallest absolute Gasteiger partial charge is 0.230 e. The van der Waals surface area contributed by atoms with Crippen molar-refractivity contribution in [1.82, 2.24) is 30.3 Å². The Morgan fingerprint density at radius 1 is 1.40 bits per heavy atom. The first kappa shape index (κ1) is 13.2. The normalized spacial score (nSPS) is 19.1. The largest absolute Gasteiger partial charge is 0.423 e. The summed E-state index contributed by atoms with van der Waals surface area (Å²) in [5.41, 5.74) is -0.105. The first-order valence-corrected chi connectivity index (χ1v) is 6.95. The summed E-state index contributed by atoms with van der Waals surface area (Å²) >= 11 is 0. The van der Waals surface area contributed by atoms with Gasteiger partial charge in [0.05, 0.1) is 13.1 Å². The van der Waals surface area contributed by atoms with Gasteiger partial charge in [-0.15, -0.1) is 10.2 Å². The van der Waals surface area contributed by atoms with Crippen LogP contribution in [0.4, 0.5) is 0 Å². The van der Waals surface area contributed by atoms with Gasteiger partial charge in [0.2, 0.25) is 11.8 Å². The van der Waals surface area contributed by atoms with Crippen molar-refractivity contribution in [3.63, 3.8) is 0 Å². The van der Waals surface area contributed by atoms with E-state index >= 15 is 0 Å². The molecular formula is C13H20N6O. The third-order valence-electron chi connectivity index (χ3n) is 3.46. The van der Waals surface area contributed by atoms with Crippen molar-refractivity contribution < 1.29 is 4.42 Å². The van der Waals surface area contributed by atoms with Crippen LogP contribution < -0.4 is 5.32 Å². The van der Waals surface area contributed by atoms with Gasteiger partial charge in [0, 0.05) is 17.9 Å². The van der Waals surface area contributed by atoms with Crippen LogP contribution in [0.1, 0.15) is 44.8 Å². The van der Waals surface area contributed by atoms with Gasteiger partial charge in [-0.25, -0.2) is 9.67 Å². The number of nitrogens with zero attached hydrogens (tertiary/aromatic N) is 5. The highest BCUT2D eigenvalue weighted by atomic mass is 16.4. The lowest BCUT2D eigenvalue weighted by Crippen LogP contribution is -2.37. The summed E-state index contributed by atoms with van der Waals surface area (Å²) in [6.45, 7) is 7.62. The van der Waals surface area contributed by atoms with Crippen LogP contribution in [-0.4, -0.2) is 31.0 Å². The Balaban J connectivity index is 1.57. The molecule has 3 heterocycles.